The zero-order valence-electron chi connectivity index (χ0n) is 20.2. The number of hydrogen-bond donors (Lipinski definition) is 2. The Morgan fingerprint density at radius 1 is 1.03 bits per heavy atom. The summed E-state index contributed by atoms with van der Waals surface area (Å²) in [5.41, 5.74) is 6.17. The van der Waals surface area contributed by atoms with Crippen LogP contribution in [-0.2, 0) is 4.79 Å². The van der Waals surface area contributed by atoms with Gasteiger partial charge in [-0.3, -0.25) is 9.36 Å². The van der Waals surface area contributed by atoms with Crippen LogP contribution in [0.2, 0.25) is 0 Å². The van der Waals surface area contributed by atoms with Crippen LogP contribution in [0.3, 0.4) is 0 Å². The Kier molecular flexibility index (Phi) is 7.18. The lowest BCUT2D eigenvalue weighted by molar-refractivity contribution is -0.118. The maximum Gasteiger partial charge on any atom is 0.250 e. The number of methoxy groups -OCH3 is 2. The number of carbonyl (C=O) groups excluding carboxylic acids is 1. The molecule has 5 rings (SSSR count). The molecule has 186 valence electrons. The van der Waals surface area contributed by atoms with Crippen LogP contribution in [0.1, 0.15) is 5.56 Å². The molecule has 5 aromatic rings. The van der Waals surface area contributed by atoms with Crippen molar-refractivity contribution in [3.05, 3.63) is 84.6 Å². The van der Waals surface area contributed by atoms with Crippen LogP contribution in [0.15, 0.2) is 89.3 Å². The SMILES string of the molecule is COc1ccc(-c2nnc(SCC(=O)N/N=C\c3c[nH]c4ccccc34)n2-c2ccccc2)cc1OC. The van der Waals surface area contributed by atoms with Crippen LogP contribution < -0.4 is 14.9 Å². The van der Waals surface area contributed by atoms with Gasteiger partial charge in [0, 0.05) is 33.9 Å². The Hall–Kier alpha value is -4.57. The maximum atomic E-state index is 12.5. The average molecular weight is 513 g/mol. The number of nitrogens with zero attached hydrogens (tertiary/aromatic N) is 4. The van der Waals surface area contributed by atoms with E-state index < -0.39 is 0 Å². The summed E-state index contributed by atoms with van der Waals surface area (Å²) in [6.45, 7) is 0. The molecule has 10 heteroatoms. The Morgan fingerprint density at radius 2 is 1.81 bits per heavy atom. The Bertz CT molecular complexity index is 1560. The third-order valence-corrected chi connectivity index (χ3v) is 6.56. The highest BCUT2D eigenvalue weighted by Gasteiger charge is 2.18. The van der Waals surface area contributed by atoms with Crippen LogP contribution in [0.4, 0.5) is 0 Å². The summed E-state index contributed by atoms with van der Waals surface area (Å²) in [4.78, 5) is 15.7. The van der Waals surface area contributed by atoms with E-state index in [0.717, 1.165) is 27.7 Å². The van der Waals surface area contributed by atoms with Gasteiger partial charge >= 0.3 is 0 Å². The van der Waals surface area contributed by atoms with Gasteiger partial charge < -0.3 is 14.5 Å². The molecule has 0 fully saturated rings. The van der Waals surface area contributed by atoms with Gasteiger partial charge in [0.05, 0.1) is 26.2 Å². The number of benzene rings is 3. The largest absolute Gasteiger partial charge is 0.493 e. The smallest absolute Gasteiger partial charge is 0.250 e. The van der Waals surface area contributed by atoms with Gasteiger partial charge in [0.2, 0.25) is 0 Å². The molecule has 37 heavy (non-hydrogen) atoms. The molecule has 2 heterocycles. The molecule has 0 radical (unpaired) electrons. The third-order valence-electron chi connectivity index (χ3n) is 5.64. The third kappa shape index (κ3) is 5.19. The number of aromatic nitrogens is 4. The molecular formula is C27H24N6O3S. The second kappa shape index (κ2) is 11.0. The number of ether oxygens (including phenoxy) is 2. The highest BCUT2D eigenvalue weighted by Crippen LogP contribution is 2.34. The summed E-state index contributed by atoms with van der Waals surface area (Å²) in [5, 5.41) is 14.5. The summed E-state index contributed by atoms with van der Waals surface area (Å²) >= 11 is 1.27. The predicted octanol–water partition coefficient (Wildman–Crippen LogP) is 4.68. The first kappa shape index (κ1) is 24.1. The molecular weight excluding hydrogens is 488 g/mol. The number of hydrogen-bond acceptors (Lipinski definition) is 7. The summed E-state index contributed by atoms with van der Waals surface area (Å²) in [7, 11) is 3.18. The van der Waals surface area contributed by atoms with E-state index in [-0.39, 0.29) is 11.7 Å². The molecule has 9 nitrogen and oxygen atoms in total. The van der Waals surface area contributed by atoms with Crippen LogP contribution in [-0.4, -0.2) is 51.8 Å². The molecule has 0 aliphatic carbocycles. The number of nitrogens with one attached hydrogen (secondary N) is 2. The van der Waals surface area contributed by atoms with Crippen LogP contribution in [0.5, 0.6) is 11.5 Å². The molecule has 2 aromatic heterocycles. The van der Waals surface area contributed by atoms with Gasteiger partial charge in [-0.25, -0.2) is 5.43 Å². The molecule has 0 saturated heterocycles. The van der Waals surface area contributed by atoms with Crippen LogP contribution in [0, 0.1) is 0 Å². The van der Waals surface area contributed by atoms with Gasteiger partial charge in [-0.1, -0.05) is 48.2 Å². The number of hydrazone groups is 1. The first-order valence-electron chi connectivity index (χ1n) is 11.4. The molecule has 3 aromatic carbocycles. The minimum Gasteiger partial charge on any atom is -0.493 e. The zero-order chi connectivity index (χ0) is 25.6. The van der Waals surface area contributed by atoms with E-state index in [1.807, 2.05) is 83.6 Å². The van der Waals surface area contributed by atoms with Crippen molar-refractivity contribution < 1.29 is 14.3 Å². The van der Waals surface area contributed by atoms with E-state index in [4.69, 9.17) is 9.47 Å². The number of rotatable bonds is 9. The van der Waals surface area contributed by atoms with E-state index in [1.54, 1.807) is 20.4 Å². The van der Waals surface area contributed by atoms with Crippen molar-refractivity contribution in [3.63, 3.8) is 0 Å². The van der Waals surface area contributed by atoms with E-state index in [2.05, 4.69) is 25.7 Å². The molecule has 0 aliphatic heterocycles. The van der Waals surface area contributed by atoms with Crippen molar-refractivity contribution in [1.82, 2.24) is 25.2 Å². The Morgan fingerprint density at radius 3 is 2.62 bits per heavy atom. The summed E-state index contributed by atoms with van der Waals surface area (Å²) in [6, 6.07) is 23.2. The number of carbonyl (C=O) groups is 1. The first-order valence-corrected chi connectivity index (χ1v) is 12.4. The highest BCUT2D eigenvalue weighted by atomic mass is 32.2. The van der Waals surface area contributed by atoms with Crippen molar-refractivity contribution >= 4 is 34.8 Å². The van der Waals surface area contributed by atoms with Crippen LogP contribution >= 0.6 is 11.8 Å². The molecule has 0 saturated carbocycles. The van der Waals surface area contributed by atoms with Gasteiger partial charge in [0.15, 0.2) is 22.5 Å². The fourth-order valence-corrected chi connectivity index (χ4v) is 4.62. The summed E-state index contributed by atoms with van der Waals surface area (Å²) in [5.74, 6) is 1.69. The minimum atomic E-state index is -0.253. The number of thioether (sulfide) groups is 1. The first-order chi connectivity index (χ1) is 18.2. The Balaban J connectivity index is 1.34. The highest BCUT2D eigenvalue weighted by molar-refractivity contribution is 7.99. The van der Waals surface area contributed by atoms with Crippen molar-refractivity contribution in [3.8, 4) is 28.6 Å². The Labute approximate surface area is 217 Å². The molecule has 0 atom stereocenters. The predicted molar refractivity (Wildman–Crippen MR) is 145 cm³/mol. The lowest BCUT2D eigenvalue weighted by Gasteiger charge is -2.12. The van der Waals surface area contributed by atoms with Crippen molar-refractivity contribution in [2.75, 3.05) is 20.0 Å². The van der Waals surface area contributed by atoms with Crippen molar-refractivity contribution in [1.29, 1.82) is 0 Å². The van der Waals surface area contributed by atoms with Gasteiger partial charge in [-0.15, -0.1) is 10.2 Å². The minimum absolute atomic E-state index is 0.113. The van der Waals surface area contributed by atoms with E-state index in [9.17, 15) is 4.79 Å². The molecule has 0 unspecified atom stereocenters. The van der Waals surface area contributed by atoms with Gasteiger partial charge in [-0.05, 0) is 36.4 Å². The van der Waals surface area contributed by atoms with Crippen LogP contribution in [0.25, 0.3) is 28.0 Å². The normalized spacial score (nSPS) is 11.2. The van der Waals surface area contributed by atoms with Crippen molar-refractivity contribution in [2.45, 2.75) is 5.16 Å². The van der Waals surface area contributed by atoms with E-state index in [1.165, 1.54) is 11.8 Å². The fourth-order valence-electron chi connectivity index (χ4n) is 3.87. The monoisotopic (exact) mass is 512 g/mol. The van der Waals surface area contributed by atoms with Gasteiger partial charge in [0.1, 0.15) is 0 Å². The molecule has 0 bridgehead atoms. The molecule has 1 amide bonds. The zero-order valence-corrected chi connectivity index (χ0v) is 21.0. The number of para-hydroxylation sites is 2. The number of aromatic amines is 1. The van der Waals surface area contributed by atoms with Crippen molar-refractivity contribution in [2.24, 2.45) is 5.10 Å². The topological polar surface area (TPSA) is 106 Å². The molecule has 0 aliphatic rings. The average Bonchev–Trinajstić information content (AvgIpc) is 3.56. The molecule has 2 N–H and O–H groups in total. The van der Waals surface area contributed by atoms with E-state index in [0.29, 0.717) is 22.5 Å². The number of fused-ring (bicyclic) bond motifs is 1. The summed E-state index contributed by atoms with van der Waals surface area (Å²) < 4.78 is 12.7. The molecule has 0 spiro atoms. The second-order valence-electron chi connectivity index (χ2n) is 7.92. The van der Waals surface area contributed by atoms with E-state index >= 15 is 0 Å². The summed E-state index contributed by atoms with van der Waals surface area (Å²) in [6.07, 6.45) is 3.48. The lowest BCUT2D eigenvalue weighted by atomic mass is 10.2. The fraction of sp³-hybridized carbons (Fsp3) is 0.111. The standard InChI is InChI=1S/C27H24N6O3S/c1-35-23-13-12-18(14-24(23)36-2)26-31-32-27(33(26)20-8-4-3-5-9-20)37-17-25(34)30-29-16-19-15-28-22-11-7-6-10-21(19)22/h3-16,28H,17H2,1-2H3,(H,30,34)/b29-16-. The lowest BCUT2D eigenvalue weighted by Crippen LogP contribution is -2.20. The quantitative estimate of drug-likeness (QED) is 0.169. The number of H-pyrrole nitrogens is 1. The second-order valence-corrected chi connectivity index (χ2v) is 8.86. The van der Waals surface area contributed by atoms with Gasteiger partial charge in [-0.2, -0.15) is 5.10 Å². The maximum absolute atomic E-state index is 12.5. The number of amides is 1. The van der Waals surface area contributed by atoms with Gasteiger partial charge in [0.25, 0.3) is 5.91 Å².